The summed E-state index contributed by atoms with van der Waals surface area (Å²) in [5.74, 6) is -0.496. The maximum atomic E-state index is 11.6. The van der Waals surface area contributed by atoms with Crippen LogP contribution in [0.1, 0.15) is 25.7 Å². The second-order valence-electron chi connectivity index (χ2n) is 12.0. The molecule has 3 fully saturated rings. The minimum absolute atomic E-state index is 0.0117. The van der Waals surface area contributed by atoms with Crippen molar-refractivity contribution in [2.24, 2.45) is 34.6 Å². The van der Waals surface area contributed by atoms with Gasteiger partial charge in [-0.15, -0.1) is 0 Å². The molecule has 44 heavy (non-hydrogen) atoms. The molecule has 2 aliphatic heterocycles. The summed E-state index contributed by atoms with van der Waals surface area (Å²) in [5.41, 5.74) is 29.3. The number of nitrogens with two attached hydrogens (primary N) is 5. The van der Waals surface area contributed by atoms with Crippen molar-refractivity contribution in [1.29, 1.82) is 0 Å². The minimum Gasteiger partial charge on any atom is -0.394 e. The summed E-state index contributed by atoms with van der Waals surface area (Å²) in [7, 11) is 0. The Morgan fingerprint density at radius 2 is 1.43 bits per heavy atom. The minimum atomic E-state index is -1.53. The maximum absolute atomic E-state index is 11.6. The van der Waals surface area contributed by atoms with E-state index in [0.29, 0.717) is 6.42 Å². The molecule has 3 aliphatic rings. The van der Waals surface area contributed by atoms with Crippen LogP contribution in [0.3, 0.4) is 0 Å². The third kappa shape index (κ3) is 9.00. The quantitative estimate of drug-likeness (QED) is 0.0788. The smallest absolute Gasteiger partial charge is 0.186 e. The first-order valence-corrected chi connectivity index (χ1v) is 15.2. The predicted octanol–water partition coefficient (Wildman–Crippen LogP) is -7.60. The van der Waals surface area contributed by atoms with E-state index < -0.39 is 110 Å². The van der Waals surface area contributed by atoms with Gasteiger partial charge in [-0.1, -0.05) is 0 Å². The molecule has 0 amide bonds. The Labute approximate surface area is 256 Å². The van der Waals surface area contributed by atoms with Crippen molar-refractivity contribution in [3.05, 3.63) is 0 Å². The zero-order valence-corrected chi connectivity index (χ0v) is 24.8. The number of nitrogens with one attached hydrogen (secondary N) is 1. The van der Waals surface area contributed by atoms with E-state index >= 15 is 0 Å². The standard InChI is InChI=1S/C26H54N6O12/c27-4-3-12(35)8-32-17-21(39)19(37)14(7-29)41-25(17)44-24-13(30)5-10(1-2-11(34)6-28)23(22(24)40)43-26-20(38)16(31)18(36)15(9-33)42-26/h10-26,32-40H,1-9,27-31H2/t10-,11?,12?,13+,14-,15-,16+,17-,18-,19-,20-,21-,22-,23+,24?,25-,26-/m1/s1. The molecule has 260 valence electrons. The van der Waals surface area contributed by atoms with Crippen LogP contribution in [0.2, 0.25) is 0 Å². The highest BCUT2D eigenvalue weighted by molar-refractivity contribution is 5.01. The van der Waals surface area contributed by atoms with E-state index in [1.807, 2.05) is 0 Å². The third-order valence-electron chi connectivity index (χ3n) is 8.82. The molecule has 0 radical (unpaired) electrons. The zero-order chi connectivity index (χ0) is 32.7. The van der Waals surface area contributed by atoms with Crippen molar-refractivity contribution in [1.82, 2.24) is 5.32 Å². The van der Waals surface area contributed by atoms with Crippen molar-refractivity contribution >= 4 is 0 Å². The van der Waals surface area contributed by atoms with Crippen LogP contribution >= 0.6 is 0 Å². The van der Waals surface area contributed by atoms with Gasteiger partial charge in [-0.2, -0.15) is 0 Å². The van der Waals surface area contributed by atoms with Crippen LogP contribution in [0.4, 0.5) is 0 Å². The van der Waals surface area contributed by atoms with E-state index in [9.17, 15) is 40.9 Å². The Bertz CT molecular complexity index is 840. The summed E-state index contributed by atoms with van der Waals surface area (Å²) < 4.78 is 23.7. The van der Waals surface area contributed by atoms with Crippen LogP contribution in [0.15, 0.2) is 0 Å². The van der Waals surface area contributed by atoms with Crippen molar-refractivity contribution in [2.45, 2.75) is 124 Å². The van der Waals surface area contributed by atoms with Crippen molar-refractivity contribution in [2.75, 3.05) is 32.8 Å². The Kier molecular flexibility index (Phi) is 15.0. The fourth-order valence-corrected chi connectivity index (χ4v) is 6.08. The normalized spacial score (nSPS) is 44.8. The zero-order valence-electron chi connectivity index (χ0n) is 24.8. The number of aliphatic hydroxyl groups excluding tert-OH is 8. The van der Waals surface area contributed by atoms with E-state index in [1.54, 1.807) is 0 Å². The molecule has 1 saturated carbocycles. The fraction of sp³-hybridized carbons (Fsp3) is 1.00. The van der Waals surface area contributed by atoms with Crippen molar-refractivity contribution in [3.63, 3.8) is 0 Å². The molecule has 19 N–H and O–H groups in total. The van der Waals surface area contributed by atoms with Crippen LogP contribution in [0.25, 0.3) is 0 Å². The molecule has 2 heterocycles. The van der Waals surface area contributed by atoms with Gasteiger partial charge < -0.3 is 93.8 Å². The third-order valence-corrected chi connectivity index (χ3v) is 8.82. The molecule has 17 atom stereocenters. The average molecular weight is 643 g/mol. The van der Waals surface area contributed by atoms with Crippen LogP contribution in [0.5, 0.6) is 0 Å². The predicted molar refractivity (Wildman–Crippen MR) is 153 cm³/mol. The average Bonchev–Trinajstić information content (AvgIpc) is 3.00. The number of ether oxygens (including phenoxy) is 4. The molecule has 0 bridgehead atoms. The van der Waals surface area contributed by atoms with Gasteiger partial charge in [-0.05, 0) is 38.1 Å². The van der Waals surface area contributed by atoms with E-state index in [4.69, 9.17) is 47.6 Å². The van der Waals surface area contributed by atoms with Crippen LogP contribution in [-0.4, -0.2) is 171 Å². The molecule has 0 aromatic carbocycles. The highest BCUT2D eigenvalue weighted by Gasteiger charge is 2.52. The molecular formula is C26H54N6O12. The first kappa shape index (κ1) is 37.7. The second-order valence-corrected chi connectivity index (χ2v) is 12.0. The fourth-order valence-electron chi connectivity index (χ4n) is 6.08. The first-order valence-electron chi connectivity index (χ1n) is 15.2. The topological polar surface area (TPSA) is 341 Å². The Morgan fingerprint density at radius 3 is 2.05 bits per heavy atom. The SMILES string of the molecule is NCCC(O)CN[C@H]1[C@@H](OC2[C@@H](N)C[C@@H](CCC(O)CN)[C@H](O[C@H]3O[C@H](CO)[C@@H](O)[C@H](N)[C@H]3O)[C@H]2O)O[C@H](CN)[C@@H](O)[C@@H]1O. The van der Waals surface area contributed by atoms with Crippen molar-refractivity contribution < 1.29 is 59.8 Å². The first-order chi connectivity index (χ1) is 20.9. The largest absolute Gasteiger partial charge is 0.394 e. The van der Waals surface area contributed by atoms with E-state index in [-0.39, 0.29) is 45.4 Å². The van der Waals surface area contributed by atoms with Crippen molar-refractivity contribution in [3.8, 4) is 0 Å². The maximum Gasteiger partial charge on any atom is 0.186 e. The summed E-state index contributed by atoms with van der Waals surface area (Å²) in [4.78, 5) is 0. The second kappa shape index (κ2) is 17.4. The number of hydrogen-bond donors (Lipinski definition) is 14. The Hall–Kier alpha value is -0.720. The molecule has 1 aliphatic carbocycles. The number of hydrogen-bond acceptors (Lipinski definition) is 18. The molecule has 18 heteroatoms. The molecule has 3 rings (SSSR count). The lowest BCUT2D eigenvalue weighted by Crippen LogP contribution is -2.68. The summed E-state index contributed by atoms with van der Waals surface area (Å²) >= 11 is 0. The molecule has 3 unspecified atom stereocenters. The highest BCUT2D eigenvalue weighted by atomic mass is 16.7. The Morgan fingerprint density at radius 1 is 0.773 bits per heavy atom. The molecule has 0 aromatic heterocycles. The van der Waals surface area contributed by atoms with Crippen LogP contribution in [-0.2, 0) is 18.9 Å². The van der Waals surface area contributed by atoms with Gasteiger partial charge in [0.1, 0.15) is 48.8 Å². The monoisotopic (exact) mass is 642 g/mol. The number of aliphatic hydroxyl groups is 8. The van der Waals surface area contributed by atoms with Gasteiger partial charge in [-0.3, -0.25) is 0 Å². The summed E-state index contributed by atoms with van der Waals surface area (Å²) in [6, 6.07) is -3.12. The lowest BCUT2D eigenvalue weighted by Gasteiger charge is -2.49. The highest BCUT2D eigenvalue weighted by Crippen LogP contribution is 2.36. The summed E-state index contributed by atoms with van der Waals surface area (Å²) in [6.45, 7) is -0.556. The van der Waals surface area contributed by atoms with Crippen LogP contribution in [0, 0.1) is 5.92 Å². The van der Waals surface area contributed by atoms with Gasteiger partial charge in [0, 0.05) is 25.7 Å². The van der Waals surface area contributed by atoms with Gasteiger partial charge in [-0.25, -0.2) is 0 Å². The number of rotatable bonds is 15. The van der Waals surface area contributed by atoms with E-state index in [0.717, 1.165) is 0 Å². The molecule has 18 nitrogen and oxygen atoms in total. The van der Waals surface area contributed by atoms with Gasteiger partial charge >= 0.3 is 0 Å². The van der Waals surface area contributed by atoms with E-state index in [1.165, 1.54) is 0 Å². The molecular weight excluding hydrogens is 588 g/mol. The molecule has 2 saturated heterocycles. The lowest BCUT2D eigenvalue weighted by molar-refractivity contribution is -0.325. The Balaban J connectivity index is 1.85. The molecule has 0 aromatic rings. The van der Waals surface area contributed by atoms with Gasteiger partial charge in [0.15, 0.2) is 12.6 Å². The van der Waals surface area contributed by atoms with Crippen LogP contribution < -0.4 is 34.0 Å². The summed E-state index contributed by atoms with van der Waals surface area (Å²) in [6.07, 6.45) is -15.1. The van der Waals surface area contributed by atoms with Gasteiger partial charge in [0.2, 0.25) is 0 Å². The molecule has 0 spiro atoms. The van der Waals surface area contributed by atoms with E-state index in [2.05, 4.69) is 5.32 Å². The summed E-state index contributed by atoms with van der Waals surface area (Å²) in [5, 5.41) is 86.9. The van der Waals surface area contributed by atoms with Gasteiger partial charge in [0.25, 0.3) is 0 Å². The lowest BCUT2D eigenvalue weighted by atomic mass is 9.77. The van der Waals surface area contributed by atoms with Gasteiger partial charge in [0.05, 0.1) is 37.0 Å².